The monoisotopic (exact) mass is 447 g/mol. The van der Waals surface area contributed by atoms with Crippen LogP contribution in [0.25, 0.3) is 10.8 Å². The van der Waals surface area contributed by atoms with Crippen LogP contribution in [0, 0.1) is 0 Å². The van der Waals surface area contributed by atoms with Gasteiger partial charge in [-0.05, 0) is 31.7 Å². The molecule has 1 unspecified atom stereocenters. The SMILES string of the molecule is CC1(C)S[C@H]2N(C(=O)[C@]2(C)NC(=O)C(N)c2ccc3ccccc3c2Cl)[C@H]1C(=O)O. The van der Waals surface area contributed by atoms with E-state index in [2.05, 4.69) is 5.32 Å². The first-order chi connectivity index (χ1) is 14.0. The molecule has 2 fully saturated rings. The number of nitrogens with one attached hydrogen (secondary N) is 1. The summed E-state index contributed by atoms with van der Waals surface area (Å²) in [4.78, 5) is 38.9. The number of hydrogen-bond donors (Lipinski definition) is 3. The van der Waals surface area contributed by atoms with E-state index in [4.69, 9.17) is 17.3 Å². The van der Waals surface area contributed by atoms with Gasteiger partial charge in [-0.15, -0.1) is 11.8 Å². The lowest BCUT2D eigenvalue weighted by Gasteiger charge is -2.51. The highest BCUT2D eigenvalue weighted by Crippen LogP contribution is 2.54. The molecule has 0 radical (unpaired) electrons. The largest absolute Gasteiger partial charge is 0.480 e. The van der Waals surface area contributed by atoms with Gasteiger partial charge in [0.05, 0.1) is 5.02 Å². The maximum absolute atomic E-state index is 13.0. The first kappa shape index (κ1) is 21.0. The van der Waals surface area contributed by atoms with Gasteiger partial charge in [-0.2, -0.15) is 0 Å². The molecule has 2 heterocycles. The van der Waals surface area contributed by atoms with Crippen molar-refractivity contribution >= 4 is 51.9 Å². The highest BCUT2D eigenvalue weighted by molar-refractivity contribution is 8.01. The third-order valence-corrected chi connectivity index (χ3v) is 8.08. The average Bonchev–Trinajstić information content (AvgIpc) is 2.97. The third kappa shape index (κ3) is 2.89. The minimum absolute atomic E-state index is 0.393. The van der Waals surface area contributed by atoms with Crippen molar-refractivity contribution < 1.29 is 19.5 Å². The van der Waals surface area contributed by atoms with E-state index in [9.17, 15) is 19.5 Å². The Kier molecular flexibility index (Phi) is 4.80. The van der Waals surface area contributed by atoms with Gasteiger partial charge < -0.3 is 21.1 Å². The van der Waals surface area contributed by atoms with Gasteiger partial charge in [0.2, 0.25) is 5.91 Å². The summed E-state index contributed by atoms with van der Waals surface area (Å²) in [5.74, 6) is -2.03. The molecule has 0 aromatic heterocycles. The minimum Gasteiger partial charge on any atom is -0.480 e. The van der Waals surface area contributed by atoms with Crippen molar-refractivity contribution in [2.45, 2.75) is 48.5 Å². The number of amides is 2. The number of benzene rings is 2. The molecule has 2 amide bonds. The van der Waals surface area contributed by atoms with E-state index >= 15 is 0 Å². The molecular weight excluding hydrogens is 426 g/mol. The number of hydrogen-bond acceptors (Lipinski definition) is 5. The standard InChI is InChI=1S/C21H22ClN3O4S/c1-20(2)15(17(27)28)25-18(29)21(3,19(25)30-20)24-16(26)14(23)12-9-8-10-6-4-5-7-11(10)13(12)22/h4-9,14-15,19H,23H2,1-3H3,(H,24,26)(H,27,28)/t14?,15-,19+,21-/m0/s1. The summed E-state index contributed by atoms with van der Waals surface area (Å²) in [5, 5.41) is 14.0. The molecule has 2 aromatic carbocycles. The van der Waals surface area contributed by atoms with Crippen LogP contribution in [0.4, 0.5) is 0 Å². The van der Waals surface area contributed by atoms with E-state index < -0.39 is 45.5 Å². The number of carbonyl (C=O) groups is 3. The van der Waals surface area contributed by atoms with Gasteiger partial charge in [0.15, 0.2) is 0 Å². The first-order valence-corrected chi connectivity index (χ1v) is 10.7. The second-order valence-corrected chi connectivity index (χ2v) is 10.5. The molecule has 158 valence electrons. The number of rotatable bonds is 4. The number of fused-ring (bicyclic) bond motifs is 2. The molecule has 0 aliphatic carbocycles. The number of β-lactam (4-membered cyclic amide) rings is 1. The third-order valence-electron chi connectivity index (χ3n) is 5.90. The normalized spacial score (nSPS) is 28.0. The summed E-state index contributed by atoms with van der Waals surface area (Å²) >= 11 is 7.87. The van der Waals surface area contributed by atoms with Crippen LogP contribution in [-0.4, -0.2) is 49.5 Å². The second kappa shape index (κ2) is 6.87. The van der Waals surface area contributed by atoms with Crippen molar-refractivity contribution in [3.8, 4) is 0 Å². The fourth-order valence-electron chi connectivity index (χ4n) is 4.30. The summed E-state index contributed by atoms with van der Waals surface area (Å²) in [6.07, 6.45) is 0. The summed E-state index contributed by atoms with van der Waals surface area (Å²) in [6.45, 7) is 5.17. The van der Waals surface area contributed by atoms with Gasteiger partial charge >= 0.3 is 5.97 Å². The Morgan fingerprint density at radius 2 is 1.90 bits per heavy atom. The Hall–Kier alpha value is -2.29. The molecule has 30 heavy (non-hydrogen) atoms. The highest BCUT2D eigenvalue weighted by Gasteiger charge is 2.70. The molecule has 0 spiro atoms. The van der Waals surface area contributed by atoms with Crippen LogP contribution >= 0.6 is 23.4 Å². The summed E-state index contributed by atoms with van der Waals surface area (Å²) in [7, 11) is 0. The summed E-state index contributed by atoms with van der Waals surface area (Å²) < 4.78 is -0.682. The van der Waals surface area contributed by atoms with Crippen molar-refractivity contribution in [2.24, 2.45) is 5.73 Å². The van der Waals surface area contributed by atoms with Crippen molar-refractivity contribution in [3.63, 3.8) is 0 Å². The van der Waals surface area contributed by atoms with E-state index in [0.29, 0.717) is 10.6 Å². The van der Waals surface area contributed by atoms with Gasteiger partial charge in [0.25, 0.3) is 5.91 Å². The fraction of sp³-hybridized carbons (Fsp3) is 0.381. The van der Waals surface area contributed by atoms with E-state index in [-0.39, 0.29) is 0 Å². The minimum atomic E-state index is -1.23. The lowest BCUT2D eigenvalue weighted by Crippen LogP contribution is -2.78. The predicted molar refractivity (Wildman–Crippen MR) is 116 cm³/mol. The van der Waals surface area contributed by atoms with Gasteiger partial charge in [-0.1, -0.05) is 48.0 Å². The van der Waals surface area contributed by atoms with Gasteiger partial charge in [0.1, 0.15) is 23.0 Å². The Labute approximate surface area is 182 Å². The lowest BCUT2D eigenvalue weighted by atomic mass is 9.85. The number of carboxylic acids is 1. The molecule has 4 rings (SSSR count). The van der Waals surface area contributed by atoms with Gasteiger partial charge in [-0.25, -0.2) is 4.79 Å². The van der Waals surface area contributed by atoms with Crippen LogP contribution in [0.5, 0.6) is 0 Å². The Morgan fingerprint density at radius 1 is 1.23 bits per heavy atom. The van der Waals surface area contributed by atoms with Crippen molar-refractivity contribution in [3.05, 3.63) is 47.0 Å². The Morgan fingerprint density at radius 3 is 2.57 bits per heavy atom. The summed E-state index contributed by atoms with van der Waals surface area (Å²) in [6, 6.07) is 9.04. The molecule has 0 bridgehead atoms. The molecule has 2 aliphatic rings. The average molecular weight is 448 g/mol. The molecular formula is C21H22ClN3O4S. The van der Waals surface area contributed by atoms with E-state index in [0.717, 1.165) is 10.8 Å². The number of carbonyl (C=O) groups excluding carboxylic acids is 2. The second-order valence-electron chi connectivity index (χ2n) is 8.39. The molecule has 4 N–H and O–H groups in total. The molecule has 9 heteroatoms. The van der Waals surface area contributed by atoms with Crippen LogP contribution < -0.4 is 11.1 Å². The highest BCUT2D eigenvalue weighted by atomic mass is 35.5. The number of aliphatic carboxylic acids is 1. The number of nitrogens with zero attached hydrogens (tertiary/aromatic N) is 1. The van der Waals surface area contributed by atoms with Gasteiger partial charge in [0, 0.05) is 10.1 Å². The van der Waals surface area contributed by atoms with Crippen molar-refractivity contribution in [2.75, 3.05) is 0 Å². The van der Waals surface area contributed by atoms with Crippen LogP contribution in [0.1, 0.15) is 32.4 Å². The Balaban J connectivity index is 1.58. The number of thioether (sulfide) groups is 1. The number of nitrogens with two attached hydrogens (primary N) is 1. The molecule has 2 saturated heterocycles. The maximum atomic E-state index is 13.0. The first-order valence-electron chi connectivity index (χ1n) is 9.47. The fourth-order valence-corrected chi connectivity index (χ4v) is 6.30. The van der Waals surface area contributed by atoms with Crippen LogP contribution in [0.15, 0.2) is 36.4 Å². The zero-order valence-corrected chi connectivity index (χ0v) is 18.3. The lowest BCUT2D eigenvalue weighted by molar-refractivity contribution is -0.168. The zero-order chi connectivity index (χ0) is 22.0. The van der Waals surface area contributed by atoms with Crippen molar-refractivity contribution in [1.82, 2.24) is 10.2 Å². The molecule has 0 saturated carbocycles. The van der Waals surface area contributed by atoms with Crippen molar-refractivity contribution in [1.29, 1.82) is 0 Å². The maximum Gasteiger partial charge on any atom is 0.327 e. The number of halogens is 1. The van der Waals surface area contributed by atoms with Crippen LogP contribution in [0.3, 0.4) is 0 Å². The smallest absolute Gasteiger partial charge is 0.327 e. The quantitative estimate of drug-likeness (QED) is 0.621. The van der Waals surface area contributed by atoms with E-state index in [1.54, 1.807) is 26.8 Å². The topological polar surface area (TPSA) is 113 Å². The molecule has 2 aromatic rings. The molecule has 7 nitrogen and oxygen atoms in total. The van der Waals surface area contributed by atoms with E-state index in [1.165, 1.54) is 16.7 Å². The summed E-state index contributed by atoms with van der Waals surface area (Å²) in [5.41, 5.74) is 5.43. The van der Waals surface area contributed by atoms with Crippen LogP contribution in [-0.2, 0) is 14.4 Å². The Bertz CT molecular complexity index is 1090. The molecule has 2 aliphatic heterocycles. The van der Waals surface area contributed by atoms with Crippen LogP contribution in [0.2, 0.25) is 5.02 Å². The predicted octanol–water partition coefficient (Wildman–Crippen LogP) is 2.51. The number of carboxylic acid groups (broad SMARTS) is 1. The molecule has 4 atom stereocenters. The van der Waals surface area contributed by atoms with E-state index in [1.807, 2.05) is 30.3 Å². The van der Waals surface area contributed by atoms with Gasteiger partial charge in [-0.3, -0.25) is 9.59 Å². The zero-order valence-electron chi connectivity index (χ0n) is 16.7.